The van der Waals surface area contributed by atoms with Crippen LogP contribution in [0.25, 0.3) is 0 Å². The quantitative estimate of drug-likeness (QED) is 0.397. The monoisotopic (exact) mass is 454 g/mol. The number of benzene rings is 2. The van der Waals surface area contributed by atoms with Crippen LogP contribution in [0.3, 0.4) is 0 Å². The second kappa shape index (κ2) is 9.28. The summed E-state index contributed by atoms with van der Waals surface area (Å²) in [6.45, 7) is 3.17. The summed E-state index contributed by atoms with van der Waals surface area (Å²) in [5.74, 6) is 0.400. The minimum atomic E-state index is -0.256. The molecule has 2 heterocycles. The van der Waals surface area contributed by atoms with Crippen LogP contribution >= 0.6 is 23.8 Å². The van der Waals surface area contributed by atoms with Crippen molar-refractivity contribution in [2.24, 2.45) is 0 Å². The molecule has 0 bridgehead atoms. The van der Waals surface area contributed by atoms with Gasteiger partial charge >= 0.3 is 0 Å². The van der Waals surface area contributed by atoms with Crippen LogP contribution in [-0.2, 0) is 13.1 Å². The zero-order chi connectivity index (χ0) is 21.8. The normalized spacial score (nSPS) is 10.8. The lowest BCUT2D eigenvalue weighted by Gasteiger charge is -2.07. The van der Waals surface area contributed by atoms with Crippen LogP contribution in [0.15, 0.2) is 67.0 Å². The molecule has 0 unspecified atom stereocenters. The van der Waals surface area contributed by atoms with Crippen LogP contribution in [0.1, 0.15) is 16.8 Å². The molecule has 0 aliphatic carbocycles. The average Bonchev–Trinajstić information content (AvgIpc) is 3.31. The fourth-order valence-electron chi connectivity index (χ4n) is 3.06. The molecule has 6 nitrogen and oxygen atoms in total. The fourth-order valence-corrected chi connectivity index (χ4v) is 3.41. The highest BCUT2D eigenvalue weighted by Gasteiger charge is 2.08. The van der Waals surface area contributed by atoms with Crippen LogP contribution < -0.4 is 10.6 Å². The molecular weight excluding hydrogens is 435 g/mol. The van der Waals surface area contributed by atoms with Crippen molar-refractivity contribution in [3.63, 3.8) is 0 Å². The molecule has 158 valence electrons. The van der Waals surface area contributed by atoms with Gasteiger partial charge in [-0.1, -0.05) is 35.9 Å². The van der Waals surface area contributed by atoms with E-state index in [-0.39, 0.29) is 5.82 Å². The van der Waals surface area contributed by atoms with E-state index in [4.69, 9.17) is 23.8 Å². The molecule has 4 aromatic rings. The lowest BCUT2D eigenvalue weighted by molar-refractivity contribution is 0.624. The number of nitrogens with one attached hydrogen (secondary N) is 2. The van der Waals surface area contributed by atoms with Crippen LogP contribution in [0.5, 0.6) is 0 Å². The van der Waals surface area contributed by atoms with Gasteiger partial charge < -0.3 is 10.6 Å². The Balaban J connectivity index is 1.34. The summed E-state index contributed by atoms with van der Waals surface area (Å²) in [5.41, 5.74) is 3.82. The summed E-state index contributed by atoms with van der Waals surface area (Å²) >= 11 is 11.4. The summed E-state index contributed by atoms with van der Waals surface area (Å²) < 4.78 is 16.7. The Bertz CT molecular complexity index is 1180. The molecule has 9 heteroatoms. The molecule has 4 rings (SSSR count). The number of hydrogen-bond acceptors (Lipinski definition) is 3. The molecule has 2 N–H and O–H groups in total. The summed E-state index contributed by atoms with van der Waals surface area (Å²) in [5, 5.41) is 16.2. The Labute approximate surface area is 189 Å². The Hall–Kier alpha value is -3.23. The SMILES string of the molecule is Cc1cc(NC(=S)Nc2cnn(Cc3ccc(F)cc3)c2)nn1Cc1ccc(Cl)cc1. The number of aromatic nitrogens is 4. The Morgan fingerprint density at radius 3 is 2.45 bits per heavy atom. The first-order chi connectivity index (χ1) is 14.9. The van der Waals surface area contributed by atoms with Crippen LogP contribution in [0, 0.1) is 12.7 Å². The highest BCUT2D eigenvalue weighted by atomic mass is 35.5. The van der Waals surface area contributed by atoms with E-state index in [9.17, 15) is 4.39 Å². The third kappa shape index (κ3) is 5.68. The van der Waals surface area contributed by atoms with E-state index in [1.54, 1.807) is 23.0 Å². The highest BCUT2D eigenvalue weighted by Crippen LogP contribution is 2.15. The van der Waals surface area contributed by atoms with Crippen molar-refractivity contribution in [1.29, 1.82) is 0 Å². The first kappa shape index (κ1) is 21.0. The summed E-state index contributed by atoms with van der Waals surface area (Å²) in [6.07, 6.45) is 3.52. The molecule has 0 atom stereocenters. The second-order valence-electron chi connectivity index (χ2n) is 7.09. The molecule has 0 amide bonds. The maximum Gasteiger partial charge on any atom is 0.176 e. The van der Waals surface area contributed by atoms with E-state index in [1.807, 2.05) is 48.1 Å². The van der Waals surface area contributed by atoms with Crippen molar-refractivity contribution in [2.45, 2.75) is 20.0 Å². The molecule has 2 aromatic heterocycles. The summed E-state index contributed by atoms with van der Waals surface area (Å²) in [7, 11) is 0. The Kier molecular flexibility index (Phi) is 6.29. The van der Waals surface area contributed by atoms with E-state index >= 15 is 0 Å². The van der Waals surface area contributed by atoms with Gasteiger partial charge in [0.2, 0.25) is 0 Å². The first-order valence-corrected chi connectivity index (χ1v) is 10.4. The van der Waals surface area contributed by atoms with Gasteiger partial charge in [0.15, 0.2) is 10.9 Å². The smallest absolute Gasteiger partial charge is 0.176 e. The number of nitrogens with zero attached hydrogens (tertiary/aromatic N) is 4. The Morgan fingerprint density at radius 2 is 1.71 bits per heavy atom. The summed E-state index contributed by atoms with van der Waals surface area (Å²) in [6, 6.07) is 16.0. The standard InChI is InChI=1S/C22H20ClFN6S/c1-15-10-21(28-30(15)13-17-2-6-18(23)7-3-17)27-22(31)26-20-11-25-29(14-20)12-16-4-8-19(24)9-5-16/h2-11,14H,12-13H2,1H3,(H2,26,27,28,31). The second-order valence-corrected chi connectivity index (χ2v) is 7.93. The number of hydrogen-bond donors (Lipinski definition) is 2. The van der Waals surface area contributed by atoms with Crippen molar-refractivity contribution in [3.8, 4) is 0 Å². The lowest BCUT2D eigenvalue weighted by atomic mass is 10.2. The molecule has 0 radical (unpaired) electrons. The van der Waals surface area contributed by atoms with Crippen molar-refractivity contribution in [1.82, 2.24) is 19.6 Å². The molecular formula is C22H20ClFN6S. The molecule has 0 fully saturated rings. The largest absolute Gasteiger partial charge is 0.330 e. The van der Waals surface area contributed by atoms with Crippen molar-refractivity contribution in [3.05, 3.63) is 94.7 Å². The minimum absolute atomic E-state index is 0.256. The van der Waals surface area contributed by atoms with Crippen LogP contribution in [0.2, 0.25) is 5.02 Å². The number of thiocarbonyl (C=S) groups is 1. The van der Waals surface area contributed by atoms with Gasteiger partial charge in [-0.05, 0) is 54.5 Å². The first-order valence-electron chi connectivity index (χ1n) is 9.58. The maximum atomic E-state index is 13.0. The molecule has 0 saturated carbocycles. The van der Waals surface area contributed by atoms with Gasteiger partial charge in [0.05, 0.1) is 25.0 Å². The maximum absolute atomic E-state index is 13.0. The number of rotatable bonds is 6. The van der Waals surface area contributed by atoms with Gasteiger partial charge in [-0.3, -0.25) is 9.36 Å². The van der Waals surface area contributed by atoms with Crippen molar-refractivity contribution >= 4 is 40.4 Å². The van der Waals surface area contributed by atoms with Crippen molar-refractivity contribution < 1.29 is 4.39 Å². The average molecular weight is 455 g/mol. The predicted molar refractivity (Wildman–Crippen MR) is 125 cm³/mol. The van der Waals surface area contributed by atoms with Gasteiger partial charge in [-0.2, -0.15) is 10.2 Å². The summed E-state index contributed by atoms with van der Waals surface area (Å²) in [4.78, 5) is 0. The van der Waals surface area contributed by atoms with Crippen LogP contribution in [-0.4, -0.2) is 24.7 Å². The third-order valence-corrected chi connectivity index (χ3v) is 5.07. The molecule has 31 heavy (non-hydrogen) atoms. The number of anilines is 2. The van der Waals surface area contributed by atoms with Gasteiger partial charge in [0.1, 0.15) is 5.82 Å². The Morgan fingerprint density at radius 1 is 1.03 bits per heavy atom. The lowest BCUT2D eigenvalue weighted by Crippen LogP contribution is -2.19. The van der Waals surface area contributed by atoms with E-state index < -0.39 is 0 Å². The van der Waals surface area contributed by atoms with Gasteiger partial charge in [-0.15, -0.1) is 0 Å². The molecule has 0 aliphatic rings. The number of halogens is 2. The highest BCUT2D eigenvalue weighted by molar-refractivity contribution is 7.80. The van der Waals surface area contributed by atoms with Gasteiger partial charge in [0, 0.05) is 23.0 Å². The van der Waals surface area contributed by atoms with E-state index in [1.165, 1.54) is 12.1 Å². The van der Waals surface area contributed by atoms with Crippen LogP contribution in [0.4, 0.5) is 15.9 Å². The topological polar surface area (TPSA) is 59.7 Å². The number of aryl methyl sites for hydroxylation is 1. The molecule has 0 spiro atoms. The van der Waals surface area contributed by atoms with E-state index in [0.717, 1.165) is 22.5 Å². The third-order valence-electron chi connectivity index (χ3n) is 4.62. The fraction of sp³-hybridized carbons (Fsp3) is 0.136. The van der Waals surface area contributed by atoms with Gasteiger partial charge in [0.25, 0.3) is 0 Å². The zero-order valence-electron chi connectivity index (χ0n) is 16.7. The van der Waals surface area contributed by atoms with E-state index in [0.29, 0.717) is 29.0 Å². The van der Waals surface area contributed by atoms with Crippen molar-refractivity contribution in [2.75, 3.05) is 10.6 Å². The molecule has 0 saturated heterocycles. The zero-order valence-corrected chi connectivity index (χ0v) is 18.3. The minimum Gasteiger partial charge on any atom is -0.330 e. The molecule has 0 aliphatic heterocycles. The predicted octanol–water partition coefficient (Wildman–Crippen LogP) is 5.09. The van der Waals surface area contributed by atoms with E-state index in [2.05, 4.69) is 20.8 Å². The van der Waals surface area contributed by atoms with Gasteiger partial charge in [-0.25, -0.2) is 4.39 Å². The molecule has 2 aromatic carbocycles.